The molecule has 0 amide bonds. The highest BCUT2D eigenvalue weighted by Gasteiger charge is 2.25. The van der Waals surface area contributed by atoms with Crippen LogP contribution in [0.15, 0.2) is 273 Å². The fourth-order valence-electron chi connectivity index (χ4n) is 10.6. The summed E-state index contributed by atoms with van der Waals surface area (Å²) < 4.78 is 4.86. The van der Waals surface area contributed by atoms with Gasteiger partial charge in [-0.2, -0.15) is 0 Å². The van der Waals surface area contributed by atoms with E-state index in [-0.39, 0.29) is 0 Å². The normalized spacial score (nSPS) is 11.5. The lowest BCUT2D eigenvalue weighted by molar-refractivity contribution is 1.14. The van der Waals surface area contributed by atoms with Crippen LogP contribution in [0.4, 0.5) is 17.1 Å². The monoisotopic (exact) mass is 879 g/mol. The number of para-hydroxylation sites is 3. The van der Waals surface area contributed by atoms with Gasteiger partial charge in [-0.1, -0.05) is 194 Å². The zero-order chi connectivity index (χ0) is 45.7. The van der Waals surface area contributed by atoms with Crippen LogP contribution < -0.4 is 4.90 Å². The topological polar surface area (TPSA) is 13.1 Å². The van der Waals surface area contributed by atoms with Crippen LogP contribution in [-0.4, -0.2) is 9.13 Å². The molecule has 2 aromatic heterocycles. The van der Waals surface area contributed by atoms with Crippen LogP contribution in [0.1, 0.15) is 0 Å². The average molecular weight is 880 g/mol. The molecule has 0 aliphatic carbocycles. The van der Waals surface area contributed by atoms with E-state index in [1.54, 1.807) is 0 Å². The molecule has 0 N–H and O–H groups in total. The number of nitrogens with zero attached hydrogens (tertiary/aromatic N) is 3. The predicted octanol–water partition coefficient (Wildman–Crippen LogP) is 18.0. The Balaban J connectivity index is 1.01. The van der Waals surface area contributed by atoms with Gasteiger partial charge in [0.25, 0.3) is 0 Å². The van der Waals surface area contributed by atoms with Gasteiger partial charge in [0, 0.05) is 55.5 Å². The number of rotatable bonds is 9. The lowest BCUT2D eigenvalue weighted by Gasteiger charge is -2.26. The van der Waals surface area contributed by atoms with Crippen LogP contribution in [0.3, 0.4) is 0 Å². The molecule has 3 heteroatoms. The SMILES string of the molecule is c1ccc(-c2ccc(N(c3ccc(-c4cc5c(-c6ccccc6)c(-c6ccccc6)n(-c6ccccc6)c5c5ccccc45)cc3)c3ccc4c(c3)c3ccccc3n4-c3ccccc3)cc2)cc1. The molecule has 324 valence electrons. The van der Waals surface area contributed by atoms with Crippen molar-refractivity contribution in [1.29, 1.82) is 0 Å². The van der Waals surface area contributed by atoms with Gasteiger partial charge in [0.15, 0.2) is 0 Å². The van der Waals surface area contributed by atoms with E-state index in [0.29, 0.717) is 0 Å². The minimum absolute atomic E-state index is 1.08. The number of hydrogen-bond donors (Lipinski definition) is 0. The lowest BCUT2D eigenvalue weighted by Crippen LogP contribution is -2.10. The first kappa shape index (κ1) is 40.1. The largest absolute Gasteiger partial charge is 0.310 e. The molecule has 0 saturated carbocycles. The van der Waals surface area contributed by atoms with E-state index in [2.05, 4.69) is 287 Å². The van der Waals surface area contributed by atoms with Crippen LogP contribution in [0.25, 0.3) is 99.5 Å². The minimum Gasteiger partial charge on any atom is -0.310 e. The fourth-order valence-corrected chi connectivity index (χ4v) is 10.6. The van der Waals surface area contributed by atoms with Crippen molar-refractivity contribution in [2.45, 2.75) is 0 Å². The van der Waals surface area contributed by atoms with Crippen molar-refractivity contribution in [1.82, 2.24) is 9.13 Å². The van der Waals surface area contributed by atoms with E-state index >= 15 is 0 Å². The first-order chi connectivity index (χ1) is 34.3. The van der Waals surface area contributed by atoms with Crippen molar-refractivity contribution in [3.05, 3.63) is 273 Å². The number of anilines is 3. The molecule has 3 nitrogen and oxygen atoms in total. The van der Waals surface area contributed by atoms with Crippen LogP contribution in [0.2, 0.25) is 0 Å². The summed E-state index contributed by atoms with van der Waals surface area (Å²) in [6.45, 7) is 0. The summed E-state index contributed by atoms with van der Waals surface area (Å²) in [6.07, 6.45) is 0. The third-order valence-electron chi connectivity index (χ3n) is 13.7. The van der Waals surface area contributed by atoms with Gasteiger partial charge in [0.05, 0.1) is 22.2 Å². The van der Waals surface area contributed by atoms with Crippen molar-refractivity contribution < 1.29 is 0 Å². The summed E-state index contributed by atoms with van der Waals surface area (Å²) in [7, 11) is 0. The molecule has 69 heavy (non-hydrogen) atoms. The summed E-state index contributed by atoms with van der Waals surface area (Å²) >= 11 is 0. The Morgan fingerprint density at radius 2 is 0.710 bits per heavy atom. The molecular weight excluding hydrogens is 835 g/mol. The molecule has 0 unspecified atom stereocenters. The minimum atomic E-state index is 1.08. The van der Waals surface area contributed by atoms with Gasteiger partial charge in [-0.15, -0.1) is 0 Å². The molecule has 0 radical (unpaired) electrons. The molecular formula is C66H45N3. The maximum absolute atomic E-state index is 2.48. The summed E-state index contributed by atoms with van der Waals surface area (Å²) in [5.41, 5.74) is 18.6. The Bertz CT molecular complexity index is 3950. The number of benzene rings is 11. The highest BCUT2D eigenvalue weighted by atomic mass is 15.1. The summed E-state index contributed by atoms with van der Waals surface area (Å²) in [6, 6.07) is 99.1. The maximum Gasteiger partial charge on any atom is 0.0620 e. The van der Waals surface area contributed by atoms with Crippen LogP contribution >= 0.6 is 0 Å². The molecule has 13 aromatic rings. The summed E-state index contributed by atoms with van der Waals surface area (Å²) in [5, 5.41) is 6.06. The first-order valence-electron chi connectivity index (χ1n) is 23.7. The van der Waals surface area contributed by atoms with Gasteiger partial charge < -0.3 is 14.0 Å². The third-order valence-corrected chi connectivity index (χ3v) is 13.7. The predicted molar refractivity (Wildman–Crippen MR) is 292 cm³/mol. The smallest absolute Gasteiger partial charge is 0.0620 e. The van der Waals surface area contributed by atoms with E-state index in [1.165, 1.54) is 82.6 Å². The zero-order valence-electron chi connectivity index (χ0n) is 37.8. The maximum atomic E-state index is 2.48. The standard InChI is InChI=1S/C66H45N3/c1-6-20-46(21-7-1)47-34-38-53(39-35-47)67(55-42-43-63-60(44-55)57-31-18-19-33-62(57)68(63)51-26-12-4-13-27-51)54-40-36-48(37-41-54)59-45-61-64(49-22-8-2-9-23-49)65(50-24-10-3-11-25-50)69(52-28-14-5-15-29-52)66(61)58-32-17-16-30-56(58)59/h1-45H. The van der Waals surface area contributed by atoms with Crippen molar-refractivity contribution in [2.75, 3.05) is 4.90 Å². The second kappa shape index (κ2) is 16.9. The van der Waals surface area contributed by atoms with Gasteiger partial charge in [0.2, 0.25) is 0 Å². The van der Waals surface area contributed by atoms with E-state index in [0.717, 1.165) is 34.0 Å². The number of hydrogen-bond acceptors (Lipinski definition) is 1. The van der Waals surface area contributed by atoms with E-state index in [4.69, 9.17) is 0 Å². The molecule has 11 aromatic carbocycles. The van der Waals surface area contributed by atoms with Crippen molar-refractivity contribution >= 4 is 60.5 Å². The van der Waals surface area contributed by atoms with Crippen molar-refractivity contribution in [2.24, 2.45) is 0 Å². The van der Waals surface area contributed by atoms with Crippen LogP contribution in [-0.2, 0) is 0 Å². The lowest BCUT2D eigenvalue weighted by atomic mass is 9.92. The molecule has 0 aliphatic rings. The van der Waals surface area contributed by atoms with Crippen LogP contribution in [0, 0.1) is 0 Å². The second-order valence-electron chi connectivity index (χ2n) is 17.7. The average Bonchev–Trinajstić information content (AvgIpc) is 3.96. The fraction of sp³-hybridized carbons (Fsp3) is 0. The Kier molecular flexibility index (Phi) is 9.84. The van der Waals surface area contributed by atoms with Crippen LogP contribution in [0.5, 0.6) is 0 Å². The van der Waals surface area contributed by atoms with Crippen molar-refractivity contribution in [3.63, 3.8) is 0 Å². The van der Waals surface area contributed by atoms with E-state index < -0.39 is 0 Å². The van der Waals surface area contributed by atoms with Gasteiger partial charge in [-0.3, -0.25) is 0 Å². The molecule has 0 saturated heterocycles. The molecule has 0 bridgehead atoms. The van der Waals surface area contributed by atoms with Gasteiger partial charge >= 0.3 is 0 Å². The number of aromatic nitrogens is 2. The van der Waals surface area contributed by atoms with Gasteiger partial charge in [-0.05, 0) is 118 Å². The summed E-state index contributed by atoms with van der Waals surface area (Å²) in [5.74, 6) is 0. The zero-order valence-corrected chi connectivity index (χ0v) is 37.8. The Morgan fingerprint density at radius 3 is 1.33 bits per heavy atom. The molecule has 0 aliphatic heterocycles. The second-order valence-corrected chi connectivity index (χ2v) is 17.7. The molecule has 0 atom stereocenters. The molecule has 2 heterocycles. The Labute approximate surface area is 401 Å². The Morgan fingerprint density at radius 1 is 0.261 bits per heavy atom. The summed E-state index contributed by atoms with van der Waals surface area (Å²) in [4.78, 5) is 2.40. The first-order valence-corrected chi connectivity index (χ1v) is 23.7. The van der Waals surface area contributed by atoms with E-state index in [9.17, 15) is 0 Å². The van der Waals surface area contributed by atoms with Crippen molar-refractivity contribution in [3.8, 4) is 56.0 Å². The highest BCUT2D eigenvalue weighted by Crippen LogP contribution is 2.48. The quantitative estimate of drug-likeness (QED) is 0.141. The number of fused-ring (bicyclic) bond motifs is 6. The van der Waals surface area contributed by atoms with E-state index in [1.807, 2.05) is 0 Å². The molecule has 13 rings (SSSR count). The molecule has 0 spiro atoms. The Hall–Kier alpha value is -9.18. The van der Waals surface area contributed by atoms with Gasteiger partial charge in [-0.25, -0.2) is 0 Å². The third kappa shape index (κ3) is 6.91. The molecule has 0 fully saturated rings. The highest BCUT2D eigenvalue weighted by molar-refractivity contribution is 6.20. The van der Waals surface area contributed by atoms with Gasteiger partial charge in [0.1, 0.15) is 0 Å².